The molecule has 0 amide bonds. The number of nitrogens with zero attached hydrogens (tertiary/aromatic N) is 2. The molecule has 0 saturated heterocycles. The second kappa shape index (κ2) is 9.32. The minimum absolute atomic E-state index is 0. The van der Waals surface area contributed by atoms with E-state index in [2.05, 4.69) is 41.7 Å². The number of nitrogens with one attached hydrogen (secondary N) is 2. The van der Waals surface area contributed by atoms with Gasteiger partial charge in [0.2, 0.25) is 0 Å². The lowest BCUT2D eigenvalue weighted by Crippen LogP contribution is -2.37. The molecule has 1 rings (SSSR count). The summed E-state index contributed by atoms with van der Waals surface area (Å²) in [5.74, 6) is 0.896. The molecule has 0 aliphatic carbocycles. The van der Waals surface area contributed by atoms with Gasteiger partial charge in [-0.25, -0.2) is 4.99 Å². The molecule has 1 aromatic rings. The van der Waals surface area contributed by atoms with Gasteiger partial charge in [-0.2, -0.15) is 0 Å². The Hall–Kier alpha value is -0.720. The fourth-order valence-corrected chi connectivity index (χ4v) is 1.41. The van der Waals surface area contributed by atoms with Gasteiger partial charge in [0.05, 0.1) is 6.54 Å². The molecule has 98 valence electrons. The summed E-state index contributed by atoms with van der Waals surface area (Å²) in [5.41, 5.74) is 1.23. The highest BCUT2D eigenvalue weighted by Crippen LogP contribution is 2.00. The lowest BCUT2D eigenvalue weighted by molar-refractivity contribution is 0.785. The number of aromatic nitrogens is 1. The zero-order chi connectivity index (χ0) is 11.8. The molecule has 0 aliphatic rings. The van der Waals surface area contributed by atoms with Gasteiger partial charge in [-0.15, -0.1) is 24.0 Å². The van der Waals surface area contributed by atoms with E-state index >= 15 is 0 Å². The van der Waals surface area contributed by atoms with E-state index in [1.807, 2.05) is 17.8 Å². The average molecular weight is 350 g/mol. The molecule has 0 atom stereocenters. The van der Waals surface area contributed by atoms with Crippen LogP contribution in [0.2, 0.25) is 0 Å². The van der Waals surface area contributed by atoms with Crippen LogP contribution in [0.4, 0.5) is 0 Å². The van der Waals surface area contributed by atoms with Crippen molar-refractivity contribution in [3.8, 4) is 0 Å². The first-order valence-corrected chi connectivity index (χ1v) is 5.89. The molecule has 0 fully saturated rings. The van der Waals surface area contributed by atoms with E-state index in [0.717, 1.165) is 32.0 Å². The molecule has 1 heterocycles. The molecular formula is C12H23IN4. The van der Waals surface area contributed by atoms with E-state index in [-0.39, 0.29) is 24.0 Å². The van der Waals surface area contributed by atoms with Gasteiger partial charge in [0, 0.05) is 32.5 Å². The summed E-state index contributed by atoms with van der Waals surface area (Å²) in [4.78, 5) is 4.52. The zero-order valence-electron chi connectivity index (χ0n) is 10.9. The van der Waals surface area contributed by atoms with Gasteiger partial charge in [-0.05, 0) is 25.0 Å². The third-order valence-electron chi connectivity index (χ3n) is 2.20. The summed E-state index contributed by atoms with van der Waals surface area (Å²) in [6, 6.07) is 2.09. The van der Waals surface area contributed by atoms with E-state index < -0.39 is 0 Å². The number of guanidine groups is 1. The number of aryl methyl sites for hydroxylation is 1. The number of halogens is 1. The summed E-state index contributed by atoms with van der Waals surface area (Å²) in [5, 5.41) is 6.51. The Morgan fingerprint density at radius 3 is 2.65 bits per heavy atom. The average Bonchev–Trinajstić information content (AvgIpc) is 2.68. The van der Waals surface area contributed by atoms with Gasteiger partial charge < -0.3 is 15.2 Å². The van der Waals surface area contributed by atoms with Crippen LogP contribution in [0.25, 0.3) is 0 Å². The highest BCUT2D eigenvalue weighted by Gasteiger charge is 1.96. The molecule has 0 aliphatic heterocycles. The van der Waals surface area contributed by atoms with Gasteiger partial charge in [0.1, 0.15) is 0 Å². The predicted octanol–water partition coefficient (Wildman–Crippen LogP) is 2.11. The fraction of sp³-hybridized carbons (Fsp3) is 0.583. The number of hydrogen-bond donors (Lipinski definition) is 2. The second-order valence-electron chi connectivity index (χ2n) is 3.81. The SMILES string of the molecule is CCCNC(=NCc1ccn(C)c1)NCC.I. The number of hydrogen-bond acceptors (Lipinski definition) is 1. The van der Waals surface area contributed by atoms with Crippen LogP contribution in [0.3, 0.4) is 0 Å². The Bertz CT molecular complexity index is 333. The fourth-order valence-electron chi connectivity index (χ4n) is 1.41. The van der Waals surface area contributed by atoms with Gasteiger partial charge in [0.25, 0.3) is 0 Å². The van der Waals surface area contributed by atoms with Crippen molar-refractivity contribution in [1.82, 2.24) is 15.2 Å². The lowest BCUT2D eigenvalue weighted by Gasteiger charge is -2.09. The molecular weight excluding hydrogens is 327 g/mol. The monoisotopic (exact) mass is 350 g/mol. The molecule has 2 N–H and O–H groups in total. The number of aliphatic imine (C=N–C) groups is 1. The maximum absolute atomic E-state index is 4.52. The van der Waals surface area contributed by atoms with Crippen LogP contribution in [-0.4, -0.2) is 23.6 Å². The minimum atomic E-state index is 0. The van der Waals surface area contributed by atoms with Crippen molar-refractivity contribution in [3.63, 3.8) is 0 Å². The topological polar surface area (TPSA) is 41.4 Å². The van der Waals surface area contributed by atoms with Crippen molar-refractivity contribution in [2.24, 2.45) is 12.0 Å². The Balaban J connectivity index is 0.00000256. The van der Waals surface area contributed by atoms with Crippen molar-refractivity contribution >= 4 is 29.9 Å². The predicted molar refractivity (Wildman–Crippen MR) is 83.9 cm³/mol. The van der Waals surface area contributed by atoms with Crippen molar-refractivity contribution < 1.29 is 0 Å². The van der Waals surface area contributed by atoms with Crippen molar-refractivity contribution in [3.05, 3.63) is 24.0 Å². The first-order valence-electron chi connectivity index (χ1n) is 5.89. The van der Waals surface area contributed by atoms with Crippen LogP contribution in [0.15, 0.2) is 23.5 Å². The van der Waals surface area contributed by atoms with Crippen LogP contribution >= 0.6 is 24.0 Å². The van der Waals surface area contributed by atoms with E-state index in [9.17, 15) is 0 Å². The van der Waals surface area contributed by atoms with Gasteiger partial charge in [-0.1, -0.05) is 6.92 Å². The molecule has 0 aromatic carbocycles. The second-order valence-corrected chi connectivity index (χ2v) is 3.81. The molecule has 17 heavy (non-hydrogen) atoms. The van der Waals surface area contributed by atoms with E-state index in [0.29, 0.717) is 0 Å². The first-order chi connectivity index (χ1) is 7.76. The lowest BCUT2D eigenvalue weighted by atomic mass is 10.3. The highest BCUT2D eigenvalue weighted by atomic mass is 127. The maximum atomic E-state index is 4.52. The third-order valence-corrected chi connectivity index (χ3v) is 2.20. The van der Waals surface area contributed by atoms with Gasteiger partial charge >= 0.3 is 0 Å². The summed E-state index contributed by atoms with van der Waals surface area (Å²) in [7, 11) is 2.02. The van der Waals surface area contributed by atoms with Crippen LogP contribution in [0.1, 0.15) is 25.8 Å². The van der Waals surface area contributed by atoms with E-state index in [1.165, 1.54) is 5.56 Å². The largest absolute Gasteiger partial charge is 0.357 e. The number of rotatable bonds is 5. The van der Waals surface area contributed by atoms with Gasteiger partial charge in [0.15, 0.2) is 5.96 Å². The zero-order valence-corrected chi connectivity index (χ0v) is 13.2. The molecule has 0 unspecified atom stereocenters. The smallest absolute Gasteiger partial charge is 0.191 e. The van der Waals surface area contributed by atoms with E-state index in [4.69, 9.17) is 0 Å². The van der Waals surface area contributed by atoms with Crippen LogP contribution in [-0.2, 0) is 13.6 Å². The van der Waals surface area contributed by atoms with Crippen molar-refractivity contribution in [1.29, 1.82) is 0 Å². The summed E-state index contributed by atoms with van der Waals surface area (Å²) >= 11 is 0. The Morgan fingerprint density at radius 1 is 1.35 bits per heavy atom. The minimum Gasteiger partial charge on any atom is -0.357 e. The molecule has 0 saturated carbocycles. The van der Waals surface area contributed by atoms with Crippen molar-refractivity contribution in [2.75, 3.05) is 13.1 Å². The van der Waals surface area contributed by atoms with Crippen LogP contribution in [0.5, 0.6) is 0 Å². The highest BCUT2D eigenvalue weighted by molar-refractivity contribution is 14.0. The van der Waals surface area contributed by atoms with Crippen LogP contribution in [0, 0.1) is 0 Å². The third kappa shape index (κ3) is 6.55. The van der Waals surface area contributed by atoms with Crippen LogP contribution < -0.4 is 10.6 Å². The van der Waals surface area contributed by atoms with E-state index in [1.54, 1.807) is 0 Å². The molecule has 0 spiro atoms. The Labute approximate surface area is 121 Å². The van der Waals surface area contributed by atoms with Crippen molar-refractivity contribution in [2.45, 2.75) is 26.8 Å². The Kier molecular flexibility index (Phi) is 8.93. The maximum Gasteiger partial charge on any atom is 0.191 e. The first kappa shape index (κ1) is 16.3. The molecule has 1 aromatic heterocycles. The van der Waals surface area contributed by atoms with Gasteiger partial charge in [-0.3, -0.25) is 0 Å². The standard InChI is InChI=1S/C12H22N4.HI/c1-4-7-14-12(13-5-2)15-9-11-6-8-16(3)10-11;/h6,8,10H,4-5,7,9H2,1-3H3,(H2,13,14,15);1H. The molecule has 0 radical (unpaired) electrons. The summed E-state index contributed by atoms with van der Waals surface area (Å²) < 4.78 is 2.04. The molecule has 4 nitrogen and oxygen atoms in total. The normalized spacial score (nSPS) is 10.9. The Morgan fingerprint density at radius 2 is 2.12 bits per heavy atom. The quantitative estimate of drug-likeness (QED) is 0.485. The molecule has 5 heteroatoms. The summed E-state index contributed by atoms with van der Waals surface area (Å²) in [6.45, 7) is 6.80. The molecule has 0 bridgehead atoms. The summed E-state index contributed by atoms with van der Waals surface area (Å²) in [6.07, 6.45) is 5.24.